The van der Waals surface area contributed by atoms with Crippen molar-refractivity contribution in [2.45, 2.75) is 19.5 Å². The van der Waals surface area contributed by atoms with Gasteiger partial charge in [0.25, 0.3) is 5.91 Å². The molecule has 1 amide bonds. The second kappa shape index (κ2) is 7.51. The van der Waals surface area contributed by atoms with E-state index in [1.54, 1.807) is 30.3 Å². The molecule has 0 unspecified atom stereocenters. The Balaban J connectivity index is 0.00000225. The lowest BCUT2D eigenvalue weighted by Crippen LogP contribution is -2.36. The topological polar surface area (TPSA) is 97.2 Å². The Kier molecular flexibility index (Phi) is 5.81. The van der Waals surface area contributed by atoms with Gasteiger partial charge in [-0.2, -0.15) is 9.40 Å². The van der Waals surface area contributed by atoms with Crippen molar-refractivity contribution >= 4 is 28.3 Å². The fourth-order valence-electron chi connectivity index (χ4n) is 2.79. The number of nitrogens with zero attached hydrogens (tertiary/aromatic N) is 4. The standard InChI is InChI=1S/C15H19N5O3S.ClH/c1-19-9-13(8-18-19)15(21)17-7-11-5-16-6-12-10-20(24(2,22)23)4-3-14(11)12;/h5-6,8-9H,3-4,7,10H2,1-2H3,(H,17,21);1H. The summed E-state index contributed by atoms with van der Waals surface area (Å²) < 4.78 is 26.4. The Morgan fingerprint density at radius 1 is 1.32 bits per heavy atom. The van der Waals surface area contributed by atoms with Gasteiger partial charge in [0.15, 0.2) is 0 Å². The molecule has 1 N–H and O–H groups in total. The lowest BCUT2D eigenvalue weighted by atomic mass is 9.98. The zero-order valence-electron chi connectivity index (χ0n) is 14.0. The van der Waals surface area contributed by atoms with Crippen LogP contribution in [-0.2, 0) is 36.6 Å². The molecule has 0 aromatic carbocycles. The molecule has 3 rings (SSSR count). The molecule has 0 fully saturated rings. The van der Waals surface area contributed by atoms with Gasteiger partial charge in [0.05, 0.1) is 18.0 Å². The zero-order chi connectivity index (χ0) is 17.3. The van der Waals surface area contributed by atoms with Crippen molar-refractivity contribution in [1.29, 1.82) is 0 Å². The third-order valence-corrected chi connectivity index (χ3v) is 5.32. The smallest absolute Gasteiger partial charge is 0.254 e. The van der Waals surface area contributed by atoms with Gasteiger partial charge in [-0.3, -0.25) is 14.5 Å². The van der Waals surface area contributed by atoms with E-state index >= 15 is 0 Å². The van der Waals surface area contributed by atoms with Crippen LogP contribution in [0.3, 0.4) is 0 Å². The number of fused-ring (bicyclic) bond motifs is 1. The molecular formula is C15H20ClN5O3S. The molecular weight excluding hydrogens is 366 g/mol. The monoisotopic (exact) mass is 385 g/mol. The van der Waals surface area contributed by atoms with Crippen LogP contribution in [0.15, 0.2) is 24.8 Å². The molecule has 2 aromatic heterocycles. The van der Waals surface area contributed by atoms with Crippen molar-refractivity contribution in [1.82, 2.24) is 24.4 Å². The first-order valence-corrected chi connectivity index (χ1v) is 9.36. The van der Waals surface area contributed by atoms with Gasteiger partial charge in [0.2, 0.25) is 10.0 Å². The molecule has 8 nitrogen and oxygen atoms in total. The molecule has 0 atom stereocenters. The summed E-state index contributed by atoms with van der Waals surface area (Å²) in [5.41, 5.74) is 3.37. The summed E-state index contributed by atoms with van der Waals surface area (Å²) in [4.78, 5) is 16.3. The molecule has 2 aromatic rings. The molecule has 1 aliphatic heterocycles. The third kappa shape index (κ3) is 4.36. The number of rotatable bonds is 4. The SMILES string of the molecule is Cl.Cn1cc(C(=O)NCc2cncc3c2CCN(S(C)(=O)=O)C3)cn1. The number of carbonyl (C=O) groups is 1. The molecule has 3 heterocycles. The number of amides is 1. The molecule has 0 saturated heterocycles. The highest BCUT2D eigenvalue weighted by Crippen LogP contribution is 2.23. The van der Waals surface area contributed by atoms with Crippen LogP contribution in [0.2, 0.25) is 0 Å². The number of sulfonamides is 1. The minimum absolute atomic E-state index is 0. The Hall–Kier alpha value is -1.97. The summed E-state index contributed by atoms with van der Waals surface area (Å²) in [6, 6.07) is 0. The van der Waals surface area contributed by atoms with Crippen LogP contribution in [0.5, 0.6) is 0 Å². The van der Waals surface area contributed by atoms with Crippen molar-refractivity contribution in [2.75, 3.05) is 12.8 Å². The van der Waals surface area contributed by atoms with E-state index in [2.05, 4.69) is 15.4 Å². The molecule has 10 heteroatoms. The van der Waals surface area contributed by atoms with Gasteiger partial charge < -0.3 is 5.32 Å². The van der Waals surface area contributed by atoms with E-state index in [1.807, 2.05) is 0 Å². The Bertz CT molecular complexity index is 881. The van der Waals surface area contributed by atoms with Crippen LogP contribution in [0.1, 0.15) is 27.0 Å². The maximum absolute atomic E-state index is 12.1. The number of hydrogen-bond acceptors (Lipinski definition) is 5. The number of aryl methyl sites for hydroxylation is 1. The summed E-state index contributed by atoms with van der Waals surface area (Å²) in [6.45, 7) is 1.12. The number of hydrogen-bond donors (Lipinski definition) is 1. The minimum Gasteiger partial charge on any atom is -0.348 e. The number of aromatic nitrogens is 3. The fraction of sp³-hybridized carbons (Fsp3) is 0.400. The van der Waals surface area contributed by atoms with Gasteiger partial charge in [-0.1, -0.05) is 0 Å². The van der Waals surface area contributed by atoms with Crippen LogP contribution >= 0.6 is 12.4 Å². The maximum atomic E-state index is 12.1. The van der Waals surface area contributed by atoms with E-state index in [0.717, 1.165) is 16.7 Å². The van der Waals surface area contributed by atoms with Crippen molar-refractivity contribution in [3.05, 3.63) is 47.0 Å². The molecule has 136 valence electrons. The van der Waals surface area contributed by atoms with Crippen molar-refractivity contribution in [2.24, 2.45) is 7.05 Å². The van der Waals surface area contributed by atoms with E-state index in [1.165, 1.54) is 16.8 Å². The number of carbonyl (C=O) groups excluding carboxylic acids is 1. The summed E-state index contributed by atoms with van der Waals surface area (Å²) >= 11 is 0. The largest absolute Gasteiger partial charge is 0.348 e. The normalized spacial score (nSPS) is 14.5. The quantitative estimate of drug-likeness (QED) is 0.825. The fourth-order valence-corrected chi connectivity index (χ4v) is 3.59. The van der Waals surface area contributed by atoms with Crippen LogP contribution < -0.4 is 5.32 Å². The molecule has 0 spiro atoms. The van der Waals surface area contributed by atoms with Crippen LogP contribution in [0.25, 0.3) is 0 Å². The minimum atomic E-state index is -3.21. The zero-order valence-corrected chi connectivity index (χ0v) is 15.6. The van der Waals surface area contributed by atoms with E-state index in [-0.39, 0.29) is 18.3 Å². The highest BCUT2D eigenvalue weighted by Gasteiger charge is 2.25. The Morgan fingerprint density at radius 3 is 2.72 bits per heavy atom. The predicted octanol–water partition coefficient (Wildman–Crippen LogP) is 0.485. The summed E-state index contributed by atoms with van der Waals surface area (Å²) in [6.07, 6.45) is 8.40. The number of pyridine rings is 1. The Labute approximate surface area is 152 Å². The van der Waals surface area contributed by atoms with E-state index in [4.69, 9.17) is 0 Å². The highest BCUT2D eigenvalue weighted by atomic mass is 35.5. The number of halogens is 1. The van der Waals surface area contributed by atoms with Gasteiger partial charge in [0.1, 0.15) is 0 Å². The van der Waals surface area contributed by atoms with Crippen molar-refractivity contribution < 1.29 is 13.2 Å². The van der Waals surface area contributed by atoms with E-state index in [0.29, 0.717) is 31.6 Å². The average Bonchev–Trinajstić information content (AvgIpc) is 2.97. The first kappa shape index (κ1) is 19.4. The summed E-state index contributed by atoms with van der Waals surface area (Å²) in [5, 5.41) is 6.83. The first-order valence-electron chi connectivity index (χ1n) is 7.51. The second-order valence-corrected chi connectivity index (χ2v) is 7.85. The van der Waals surface area contributed by atoms with Crippen LogP contribution in [0, 0.1) is 0 Å². The molecule has 0 saturated carbocycles. The van der Waals surface area contributed by atoms with Crippen molar-refractivity contribution in [3.8, 4) is 0 Å². The van der Waals surface area contributed by atoms with Crippen LogP contribution in [0.4, 0.5) is 0 Å². The van der Waals surface area contributed by atoms with Gasteiger partial charge in [0, 0.05) is 45.3 Å². The molecule has 0 aliphatic carbocycles. The lowest BCUT2D eigenvalue weighted by Gasteiger charge is -2.27. The molecule has 0 bridgehead atoms. The number of nitrogens with one attached hydrogen (secondary N) is 1. The van der Waals surface area contributed by atoms with Gasteiger partial charge >= 0.3 is 0 Å². The molecule has 25 heavy (non-hydrogen) atoms. The van der Waals surface area contributed by atoms with Gasteiger partial charge in [-0.15, -0.1) is 12.4 Å². The average molecular weight is 386 g/mol. The van der Waals surface area contributed by atoms with Gasteiger partial charge in [-0.05, 0) is 23.1 Å². The molecule has 0 radical (unpaired) electrons. The van der Waals surface area contributed by atoms with Crippen molar-refractivity contribution in [3.63, 3.8) is 0 Å². The van der Waals surface area contributed by atoms with Crippen LogP contribution in [-0.4, -0.2) is 46.2 Å². The highest BCUT2D eigenvalue weighted by molar-refractivity contribution is 7.88. The summed E-state index contributed by atoms with van der Waals surface area (Å²) in [7, 11) is -1.46. The Morgan fingerprint density at radius 2 is 2.08 bits per heavy atom. The van der Waals surface area contributed by atoms with Gasteiger partial charge in [-0.25, -0.2) is 8.42 Å². The maximum Gasteiger partial charge on any atom is 0.254 e. The lowest BCUT2D eigenvalue weighted by molar-refractivity contribution is 0.0950. The van der Waals surface area contributed by atoms with E-state index < -0.39 is 10.0 Å². The first-order chi connectivity index (χ1) is 11.3. The predicted molar refractivity (Wildman–Crippen MR) is 94.8 cm³/mol. The van der Waals surface area contributed by atoms with E-state index in [9.17, 15) is 13.2 Å². The third-order valence-electron chi connectivity index (χ3n) is 4.07. The molecule has 1 aliphatic rings. The summed E-state index contributed by atoms with van der Waals surface area (Å²) in [5.74, 6) is -0.200. The second-order valence-electron chi connectivity index (χ2n) is 5.87.